The zero-order valence-electron chi connectivity index (χ0n) is 25.7. The van der Waals surface area contributed by atoms with Crippen LogP contribution in [0.5, 0.6) is 5.75 Å². The summed E-state index contributed by atoms with van der Waals surface area (Å²) in [7, 11) is 0. The zero-order chi connectivity index (χ0) is 31.3. The van der Waals surface area contributed by atoms with Crippen molar-refractivity contribution in [3.8, 4) is 28.0 Å². The number of hydrogen-bond donors (Lipinski definition) is 1. The number of hydrogen-bond acceptors (Lipinski definition) is 7. The van der Waals surface area contributed by atoms with E-state index in [2.05, 4.69) is 89.7 Å². The summed E-state index contributed by atoms with van der Waals surface area (Å²) in [5, 5.41) is 5.36. The number of fused-ring (bicyclic) bond motifs is 1. The molecule has 7 heteroatoms. The van der Waals surface area contributed by atoms with Gasteiger partial charge < -0.3 is 9.47 Å². The molecule has 0 saturated carbocycles. The third-order valence-corrected chi connectivity index (χ3v) is 8.36. The molecule has 0 fully saturated rings. The molecule has 0 amide bonds. The first kappa shape index (κ1) is 31.7. The number of unbranched alkanes of at least 4 members (excludes halogenated alkanes) is 3. The summed E-state index contributed by atoms with van der Waals surface area (Å²) < 4.78 is 12.1. The van der Waals surface area contributed by atoms with Gasteiger partial charge in [0.05, 0.1) is 29.6 Å². The Kier molecular flexibility index (Phi) is 11.5. The van der Waals surface area contributed by atoms with E-state index in [1.165, 1.54) is 11.6 Å². The number of ether oxygens (including phenoxy) is 2. The van der Waals surface area contributed by atoms with Gasteiger partial charge in [-0.3, -0.25) is 5.43 Å². The molecule has 4 aromatic carbocycles. The summed E-state index contributed by atoms with van der Waals surface area (Å²) in [6, 6.07) is 31.7. The molecule has 0 atom stereocenters. The van der Waals surface area contributed by atoms with Crippen molar-refractivity contribution < 1.29 is 14.3 Å². The highest BCUT2D eigenvalue weighted by molar-refractivity contribution is 7.22. The van der Waals surface area contributed by atoms with Crippen molar-refractivity contribution in [3.05, 3.63) is 115 Å². The lowest BCUT2D eigenvalue weighted by Gasteiger charge is -2.11. The summed E-state index contributed by atoms with van der Waals surface area (Å²) in [5.41, 5.74) is 11.0. The average molecular weight is 618 g/mol. The molecule has 0 spiro atoms. The highest BCUT2D eigenvalue weighted by Crippen LogP contribution is 2.30. The summed E-state index contributed by atoms with van der Waals surface area (Å²) in [5.74, 6) is 0.487. The second-order valence-corrected chi connectivity index (χ2v) is 11.8. The highest BCUT2D eigenvalue weighted by atomic mass is 32.1. The van der Waals surface area contributed by atoms with E-state index in [9.17, 15) is 4.79 Å². The number of thiazole rings is 1. The molecule has 230 valence electrons. The van der Waals surface area contributed by atoms with Crippen molar-refractivity contribution >= 4 is 38.9 Å². The minimum atomic E-state index is -0.364. The van der Waals surface area contributed by atoms with Gasteiger partial charge in [0.2, 0.25) is 5.13 Å². The Labute approximate surface area is 269 Å². The lowest BCUT2D eigenvalue weighted by atomic mass is 9.94. The standard InChI is InChI=1S/C38H39N3O3S/c1-3-11-28-14-16-30(17-15-28)34-23-20-31(26-32(34)27-39-41-38-40-35-12-7-8-13-36(35)45-38)29-18-21-33(22-19-29)43-24-9-5-6-10-25-44-37(42)4-2/h4,7-8,12-23,26-27H,2-3,5-6,9-11,24-25H2,1H3,(H,40,41)/b39-27+. The first-order chi connectivity index (χ1) is 22.1. The number of nitrogens with zero attached hydrogens (tertiary/aromatic N) is 2. The van der Waals surface area contributed by atoms with Gasteiger partial charge in [0, 0.05) is 11.6 Å². The number of esters is 1. The van der Waals surface area contributed by atoms with Crippen LogP contribution in [-0.2, 0) is 16.0 Å². The maximum atomic E-state index is 11.1. The van der Waals surface area contributed by atoms with Crippen LogP contribution in [0.25, 0.3) is 32.5 Å². The summed E-state index contributed by atoms with van der Waals surface area (Å²) in [4.78, 5) is 15.7. The number of benzene rings is 4. The molecular formula is C38H39N3O3S. The number of nitrogens with one attached hydrogen (secondary N) is 1. The number of aromatic nitrogens is 1. The second-order valence-electron chi connectivity index (χ2n) is 10.8. The fourth-order valence-corrected chi connectivity index (χ4v) is 5.87. The Balaban J connectivity index is 1.25. The van der Waals surface area contributed by atoms with Gasteiger partial charge in [-0.15, -0.1) is 0 Å². The van der Waals surface area contributed by atoms with Crippen LogP contribution in [0.2, 0.25) is 0 Å². The summed E-state index contributed by atoms with van der Waals surface area (Å²) in [6.07, 6.45) is 9.10. The molecule has 0 radical (unpaired) electrons. The zero-order valence-corrected chi connectivity index (χ0v) is 26.5. The normalized spacial score (nSPS) is 11.1. The molecule has 45 heavy (non-hydrogen) atoms. The fourth-order valence-electron chi connectivity index (χ4n) is 5.05. The van der Waals surface area contributed by atoms with Crippen LogP contribution in [0.15, 0.2) is 109 Å². The van der Waals surface area contributed by atoms with Gasteiger partial charge in [0.25, 0.3) is 0 Å². The van der Waals surface area contributed by atoms with Crippen molar-refractivity contribution in [1.29, 1.82) is 0 Å². The number of carbonyl (C=O) groups excluding carboxylic acids is 1. The molecule has 0 unspecified atom stereocenters. The molecule has 5 rings (SSSR count). The maximum Gasteiger partial charge on any atom is 0.330 e. The van der Waals surface area contributed by atoms with E-state index in [0.717, 1.165) is 87.4 Å². The number of hydrazone groups is 1. The minimum Gasteiger partial charge on any atom is -0.494 e. The molecule has 0 aliphatic carbocycles. The van der Waals surface area contributed by atoms with Crippen molar-refractivity contribution in [2.24, 2.45) is 5.10 Å². The first-order valence-corrected chi connectivity index (χ1v) is 16.3. The molecule has 0 aliphatic heterocycles. The Hall–Kier alpha value is -4.75. The predicted octanol–water partition coefficient (Wildman–Crippen LogP) is 9.70. The van der Waals surface area contributed by atoms with Gasteiger partial charge in [-0.2, -0.15) is 5.10 Å². The van der Waals surface area contributed by atoms with Crippen LogP contribution < -0.4 is 10.2 Å². The van der Waals surface area contributed by atoms with Gasteiger partial charge in [0.15, 0.2) is 0 Å². The smallest absolute Gasteiger partial charge is 0.330 e. The van der Waals surface area contributed by atoms with Crippen LogP contribution in [0.4, 0.5) is 5.13 Å². The lowest BCUT2D eigenvalue weighted by molar-refractivity contribution is -0.137. The molecule has 1 heterocycles. The number of para-hydroxylation sites is 1. The Morgan fingerprint density at radius 2 is 1.62 bits per heavy atom. The molecular weight excluding hydrogens is 579 g/mol. The van der Waals surface area contributed by atoms with E-state index in [4.69, 9.17) is 9.47 Å². The predicted molar refractivity (Wildman–Crippen MR) is 187 cm³/mol. The van der Waals surface area contributed by atoms with E-state index in [1.807, 2.05) is 36.5 Å². The van der Waals surface area contributed by atoms with Crippen LogP contribution in [-0.4, -0.2) is 30.4 Å². The molecule has 1 aromatic heterocycles. The molecule has 1 N–H and O–H groups in total. The Bertz CT molecular complexity index is 1690. The van der Waals surface area contributed by atoms with E-state index in [0.29, 0.717) is 13.2 Å². The molecule has 0 saturated heterocycles. The molecule has 5 aromatic rings. The minimum absolute atomic E-state index is 0.364. The third kappa shape index (κ3) is 9.13. The Morgan fingerprint density at radius 3 is 2.38 bits per heavy atom. The van der Waals surface area contributed by atoms with Crippen LogP contribution in [0.1, 0.15) is 50.2 Å². The lowest BCUT2D eigenvalue weighted by Crippen LogP contribution is -2.02. The van der Waals surface area contributed by atoms with Gasteiger partial charge in [0.1, 0.15) is 5.75 Å². The van der Waals surface area contributed by atoms with Crippen molar-refractivity contribution in [2.75, 3.05) is 18.6 Å². The van der Waals surface area contributed by atoms with E-state index < -0.39 is 0 Å². The van der Waals surface area contributed by atoms with Crippen LogP contribution in [0.3, 0.4) is 0 Å². The molecule has 6 nitrogen and oxygen atoms in total. The quantitative estimate of drug-likeness (QED) is 0.0392. The maximum absolute atomic E-state index is 11.1. The van der Waals surface area contributed by atoms with Gasteiger partial charge >= 0.3 is 5.97 Å². The second kappa shape index (κ2) is 16.4. The number of aryl methyl sites for hydroxylation is 1. The van der Waals surface area contributed by atoms with Crippen molar-refractivity contribution in [1.82, 2.24) is 4.98 Å². The van der Waals surface area contributed by atoms with E-state index in [-0.39, 0.29) is 5.97 Å². The largest absolute Gasteiger partial charge is 0.494 e. The van der Waals surface area contributed by atoms with Crippen molar-refractivity contribution in [2.45, 2.75) is 45.4 Å². The highest BCUT2D eigenvalue weighted by Gasteiger charge is 2.09. The van der Waals surface area contributed by atoms with E-state index in [1.54, 1.807) is 11.3 Å². The monoisotopic (exact) mass is 617 g/mol. The fraction of sp³-hybridized carbons (Fsp3) is 0.237. The van der Waals surface area contributed by atoms with Crippen molar-refractivity contribution in [3.63, 3.8) is 0 Å². The molecule has 0 aliphatic rings. The van der Waals surface area contributed by atoms with Crippen LogP contribution >= 0.6 is 11.3 Å². The topological polar surface area (TPSA) is 72.8 Å². The van der Waals surface area contributed by atoms with Gasteiger partial charge in [-0.1, -0.05) is 91.9 Å². The Morgan fingerprint density at radius 1 is 0.889 bits per heavy atom. The van der Waals surface area contributed by atoms with Gasteiger partial charge in [-0.25, -0.2) is 9.78 Å². The van der Waals surface area contributed by atoms with Crippen LogP contribution in [0, 0.1) is 0 Å². The van der Waals surface area contributed by atoms with E-state index >= 15 is 0 Å². The third-order valence-electron chi connectivity index (χ3n) is 7.42. The summed E-state index contributed by atoms with van der Waals surface area (Å²) in [6.45, 7) is 6.70. The SMILES string of the molecule is C=CC(=O)OCCCCCCOc1ccc(-c2ccc(-c3ccc(CCC)cc3)c(/C=N/Nc3nc4ccccc4s3)c2)cc1. The average Bonchev–Trinajstić information content (AvgIpc) is 3.49. The first-order valence-electron chi connectivity index (χ1n) is 15.5. The number of anilines is 1. The molecule has 0 bridgehead atoms. The summed E-state index contributed by atoms with van der Waals surface area (Å²) >= 11 is 1.59. The number of rotatable bonds is 16. The van der Waals surface area contributed by atoms with Gasteiger partial charge in [-0.05, 0) is 90.3 Å². The number of carbonyl (C=O) groups is 1.